The van der Waals surface area contributed by atoms with E-state index in [-0.39, 0.29) is 6.61 Å². The minimum Gasteiger partial charge on any atom is -0.392 e. The van der Waals surface area contributed by atoms with E-state index in [0.717, 1.165) is 11.1 Å². The van der Waals surface area contributed by atoms with Gasteiger partial charge in [0.05, 0.1) is 6.61 Å². The molecule has 0 radical (unpaired) electrons. The highest BCUT2D eigenvalue weighted by molar-refractivity contribution is 5.53. The molecule has 0 aliphatic rings. The van der Waals surface area contributed by atoms with Crippen LogP contribution in [0.1, 0.15) is 11.4 Å². The van der Waals surface area contributed by atoms with Crippen molar-refractivity contribution in [1.29, 1.82) is 0 Å². The number of hydrogen-bond acceptors (Lipinski definition) is 4. The number of aryl methyl sites for hydroxylation is 1. The van der Waals surface area contributed by atoms with Gasteiger partial charge in [-0.15, -0.1) is 0 Å². The predicted molar refractivity (Wildman–Crippen MR) is 50.4 cm³/mol. The molecule has 1 aromatic heterocycles. The van der Waals surface area contributed by atoms with Gasteiger partial charge in [0.1, 0.15) is 0 Å². The van der Waals surface area contributed by atoms with Crippen molar-refractivity contribution in [2.45, 2.75) is 13.5 Å². The van der Waals surface area contributed by atoms with Crippen LogP contribution in [0.25, 0.3) is 11.5 Å². The van der Waals surface area contributed by atoms with Crippen molar-refractivity contribution in [2.75, 3.05) is 0 Å². The first-order valence-electron chi connectivity index (χ1n) is 4.30. The van der Waals surface area contributed by atoms with Crippen LogP contribution in [0, 0.1) is 6.92 Å². The lowest BCUT2D eigenvalue weighted by Gasteiger charge is -1.97. The lowest BCUT2D eigenvalue weighted by atomic mass is 10.1. The van der Waals surface area contributed by atoms with Crippen LogP contribution in [0.2, 0.25) is 0 Å². The molecule has 0 aliphatic heterocycles. The zero-order valence-electron chi connectivity index (χ0n) is 7.77. The Balaban J connectivity index is 2.41. The Bertz CT molecular complexity index is 437. The van der Waals surface area contributed by atoms with E-state index in [9.17, 15) is 0 Å². The normalized spacial score (nSPS) is 10.4. The number of aliphatic hydroxyl groups is 1. The van der Waals surface area contributed by atoms with Crippen molar-refractivity contribution in [3.05, 3.63) is 35.7 Å². The Kier molecular flexibility index (Phi) is 2.28. The van der Waals surface area contributed by atoms with Crippen molar-refractivity contribution in [2.24, 2.45) is 0 Å². The first-order valence-corrected chi connectivity index (χ1v) is 4.30. The van der Waals surface area contributed by atoms with Gasteiger partial charge in [0.15, 0.2) is 5.82 Å². The van der Waals surface area contributed by atoms with Crippen LogP contribution in [0.15, 0.2) is 28.8 Å². The Hall–Kier alpha value is -1.68. The van der Waals surface area contributed by atoms with Crippen LogP contribution in [-0.4, -0.2) is 15.2 Å². The van der Waals surface area contributed by atoms with Gasteiger partial charge in [-0.1, -0.05) is 17.3 Å². The van der Waals surface area contributed by atoms with Crippen LogP contribution < -0.4 is 0 Å². The van der Waals surface area contributed by atoms with Gasteiger partial charge < -0.3 is 9.63 Å². The Labute approximate surface area is 81.2 Å². The number of rotatable bonds is 2. The fraction of sp³-hybridized carbons (Fsp3) is 0.200. The van der Waals surface area contributed by atoms with Gasteiger partial charge in [-0.05, 0) is 24.6 Å². The average Bonchev–Trinajstić information content (AvgIpc) is 2.65. The molecule has 1 N–H and O–H groups in total. The van der Waals surface area contributed by atoms with Gasteiger partial charge in [0, 0.05) is 5.56 Å². The van der Waals surface area contributed by atoms with E-state index >= 15 is 0 Å². The van der Waals surface area contributed by atoms with Crippen LogP contribution in [0.3, 0.4) is 0 Å². The Morgan fingerprint density at radius 2 is 2.29 bits per heavy atom. The largest absolute Gasteiger partial charge is 0.392 e. The van der Waals surface area contributed by atoms with Crippen molar-refractivity contribution >= 4 is 0 Å². The third-order valence-electron chi connectivity index (χ3n) is 1.88. The van der Waals surface area contributed by atoms with Crippen LogP contribution >= 0.6 is 0 Å². The second kappa shape index (κ2) is 3.59. The summed E-state index contributed by atoms with van der Waals surface area (Å²) >= 11 is 0. The molecule has 0 aliphatic carbocycles. The standard InChI is InChI=1S/C10H10N2O2/c1-7-11-10(14-12-7)9-4-2-3-8(5-9)6-13/h2-5,13H,6H2,1H3. The second-order valence-corrected chi connectivity index (χ2v) is 3.01. The topological polar surface area (TPSA) is 59.2 Å². The van der Waals surface area contributed by atoms with Crippen molar-refractivity contribution in [3.63, 3.8) is 0 Å². The van der Waals surface area contributed by atoms with E-state index in [1.54, 1.807) is 6.92 Å². The predicted octanol–water partition coefficient (Wildman–Crippen LogP) is 1.54. The maximum Gasteiger partial charge on any atom is 0.257 e. The van der Waals surface area contributed by atoms with Gasteiger partial charge in [-0.3, -0.25) is 0 Å². The molecule has 0 unspecified atom stereocenters. The molecule has 0 fully saturated rings. The van der Waals surface area contributed by atoms with Crippen molar-refractivity contribution in [1.82, 2.24) is 10.1 Å². The van der Waals surface area contributed by atoms with Crippen LogP contribution in [0.5, 0.6) is 0 Å². The van der Waals surface area contributed by atoms with E-state index in [1.165, 1.54) is 0 Å². The fourth-order valence-electron chi connectivity index (χ4n) is 1.22. The molecule has 1 aromatic carbocycles. The molecule has 0 spiro atoms. The summed E-state index contributed by atoms with van der Waals surface area (Å²) in [4.78, 5) is 4.10. The van der Waals surface area contributed by atoms with Gasteiger partial charge >= 0.3 is 0 Å². The molecule has 2 rings (SSSR count). The highest BCUT2D eigenvalue weighted by atomic mass is 16.5. The van der Waals surface area contributed by atoms with Crippen molar-refractivity contribution < 1.29 is 9.63 Å². The highest BCUT2D eigenvalue weighted by Crippen LogP contribution is 2.18. The van der Waals surface area contributed by atoms with E-state index < -0.39 is 0 Å². The van der Waals surface area contributed by atoms with Crippen molar-refractivity contribution in [3.8, 4) is 11.5 Å². The van der Waals surface area contributed by atoms with E-state index in [4.69, 9.17) is 9.63 Å². The quantitative estimate of drug-likeness (QED) is 0.780. The van der Waals surface area contributed by atoms with Gasteiger partial charge in [0.2, 0.25) is 0 Å². The fourth-order valence-corrected chi connectivity index (χ4v) is 1.22. The molecule has 0 saturated carbocycles. The smallest absolute Gasteiger partial charge is 0.257 e. The zero-order valence-corrected chi connectivity index (χ0v) is 7.77. The summed E-state index contributed by atoms with van der Waals surface area (Å²) in [5.74, 6) is 1.09. The highest BCUT2D eigenvalue weighted by Gasteiger charge is 2.05. The van der Waals surface area contributed by atoms with Gasteiger partial charge in [-0.25, -0.2) is 0 Å². The molecule has 14 heavy (non-hydrogen) atoms. The monoisotopic (exact) mass is 190 g/mol. The lowest BCUT2D eigenvalue weighted by molar-refractivity contribution is 0.282. The third-order valence-corrected chi connectivity index (χ3v) is 1.88. The van der Waals surface area contributed by atoms with Gasteiger partial charge in [0.25, 0.3) is 5.89 Å². The second-order valence-electron chi connectivity index (χ2n) is 3.01. The first kappa shape index (κ1) is 8.90. The molecule has 4 heteroatoms. The number of aromatic nitrogens is 2. The summed E-state index contributed by atoms with van der Waals surface area (Å²) in [6, 6.07) is 7.38. The van der Waals surface area contributed by atoms with Gasteiger partial charge in [-0.2, -0.15) is 4.98 Å². The maximum atomic E-state index is 8.95. The molecule has 0 amide bonds. The summed E-state index contributed by atoms with van der Waals surface area (Å²) in [5, 5.41) is 12.6. The van der Waals surface area contributed by atoms with Crippen LogP contribution in [-0.2, 0) is 6.61 Å². The molecule has 2 aromatic rings. The number of hydrogen-bond donors (Lipinski definition) is 1. The third kappa shape index (κ3) is 1.65. The average molecular weight is 190 g/mol. The SMILES string of the molecule is Cc1noc(-c2cccc(CO)c2)n1. The number of aliphatic hydroxyl groups excluding tert-OH is 1. The number of benzene rings is 1. The molecule has 0 bridgehead atoms. The molecule has 1 heterocycles. The summed E-state index contributed by atoms with van der Waals surface area (Å²) in [6.07, 6.45) is 0. The Morgan fingerprint density at radius 1 is 1.43 bits per heavy atom. The molecule has 4 nitrogen and oxygen atoms in total. The van der Waals surface area contributed by atoms with E-state index in [0.29, 0.717) is 11.7 Å². The molecule has 0 atom stereocenters. The lowest BCUT2D eigenvalue weighted by Crippen LogP contribution is -1.84. The van der Waals surface area contributed by atoms with Crippen LogP contribution in [0.4, 0.5) is 0 Å². The minimum absolute atomic E-state index is 0.0148. The Morgan fingerprint density at radius 3 is 2.93 bits per heavy atom. The maximum absolute atomic E-state index is 8.95. The van der Waals surface area contributed by atoms with E-state index in [2.05, 4.69) is 10.1 Å². The number of nitrogens with zero attached hydrogens (tertiary/aromatic N) is 2. The summed E-state index contributed by atoms with van der Waals surface area (Å²) in [7, 11) is 0. The molecular formula is C10H10N2O2. The molecule has 0 saturated heterocycles. The summed E-state index contributed by atoms with van der Waals surface area (Å²) in [6.45, 7) is 1.78. The minimum atomic E-state index is 0.0148. The summed E-state index contributed by atoms with van der Waals surface area (Å²) in [5.41, 5.74) is 1.66. The van der Waals surface area contributed by atoms with E-state index in [1.807, 2.05) is 24.3 Å². The zero-order chi connectivity index (χ0) is 9.97. The first-order chi connectivity index (χ1) is 6.79. The summed E-state index contributed by atoms with van der Waals surface area (Å²) < 4.78 is 5.01. The molecular weight excluding hydrogens is 180 g/mol. The molecule has 72 valence electrons.